The third-order valence-corrected chi connectivity index (χ3v) is 5.11. The van der Waals surface area contributed by atoms with E-state index in [2.05, 4.69) is 29.4 Å². The fraction of sp³-hybridized carbons (Fsp3) is 0.167. The molecule has 4 aromatic rings. The second kappa shape index (κ2) is 8.39. The van der Waals surface area contributed by atoms with Crippen molar-refractivity contribution in [1.82, 2.24) is 9.78 Å². The van der Waals surface area contributed by atoms with Crippen LogP contribution in [0.15, 0.2) is 66.9 Å². The van der Waals surface area contributed by atoms with E-state index >= 15 is 0 Å². The number of hydrogen-bond acceptors (Lipinski definition) is 4. The van der Waals surface area contributed by atoms with Gasteiger partial charge in [-0.05, 0) is 46.5 Å². The summed E-state index contributed by atoms with van der Waals surface area (Å²) in [5.41, 5.74) is 11.7. The van der Waals surface area contributed by atoms with E-state index in [1.54, 1.807) is 12.1 Å². The number of carboxylic acid groups (broad SMARTS) is 1. The van der Waals surface area contributed by atoms with Gasteiger partial charge in [0.15, 0.2) is 0 Å². The van der Waals surface area contributed by atoms with Crippen LogP contribution in [0.3, 0.4) is 0 Å². The molecule has 3 aromatic carbocycles. The number of aliphatic carboxylic acids is 1. The van der Waals surface area contributed by atoms with Crippen molar-refractivity contribution < 1.29 is 14.6 Å². The highest BCUT2D eigenvalue weighted by molar-refractivity contribution is 5.95. The zero-order valence-corrected chi connectivity index (χ0v) is 16.7. The van der Waals surface area contributed by atoms with Crippen LogP contribution < -0.4 is 10.5 Å². The Morgan fingerprint density at radius 1 is 1.10 bits per heavy atom. The van der Waals surface area contributed by atoms with Gasteiger partial charge in [-0.15, -0.1) is 0 Å². The van der Waals surface area contributed by atoms with E-state index in [0.29, 0.717) is 24.5 Å². The molecule has 0 saturated heterocycles. The number of nitrogens with two attached hydrogens (primary N) is 1. The van der Waals surface area contributed by atoms with Gasteiger partial charge >= 0.3 is 5.97 Å². The topological polar surface area (TPSA) is 90.4 Å². The van der Waals surface area contributed by atoms with Crippen molar-refractivity contribution in [2.75, 3.05) is 0 Å². The highest BCUT2D eigenvalue weighted by Gasteiger charge is 2.12. The zero-order valence-electron chi connectivity index (χ0n) is 16.7. The second-order valence-corrected chi connectivity index (χ2v) is 7.22. The number of carbonyl (C=O) groups is 1. The third kappa shape index (κ3) is 4.04. The second-order valence-electron chi connectivity index (χ2n) is 7.22. The Morgan fingerprint density at radius 3 is 2.73 bits per heavy atom. The van der Waals surface area contributed by atoms with Gasteiger partial charge in [0.2, 0.25) is 0 Å². The number of hydrogen-bond donors (Lipinski definition) is 2. The minimum absolute atomic E-state index is 0.0753. The van der Waals surface area contributed by atoms with Gasteiger partial charge < -0.3 is 15.6 Å². The first kappa shape index (κ1) is 19.7. The summed E-state index contributed by atoms with van der Waals surface area (Å²) in [5.74, 6) is -0.305. The quantitative estimate of drug-likeness (QED) is 0.490. The van der Waals surface area contributed by atoms with Crippen molar-refractivity contribution in [2.45, 2.75) is 19.6 Å². The van der Waals surface area contributed by atoms with Crippen molar-refractivity contribution in [3.63, 3.8) is 0 Å². The Hall–Kier alpha value is -3.64. The van der Waals surface area contributed by atoms with Gasteiger partial charge in [0.1, 0.15) is 12.4 Å². The minimum atomic E-state index is -0.885. The summed E-state index contributed by atoms with van der Waals surface area (Å²) < 4.78 is 7.85. The van der Waals surface area contributed by atoms with Crippen LogP contribution in [0.1, 0.15) is 16.7 Å². The molecular formula is C24H23N3O3. The van der Waals surface area contributed by atoms with Crippen molar-refractivity contribution >= 4 is 16.9 Å². The normalized spacial score (nSPS) is 11.0. The van der Waals surface area contributed by atoms with Crippen LogP contribution in [0.4, 0.5) is 0 Å². The van der Waals surface area contributed by atoms with Crippen LogP contribution in [0.25, 0.3) is 22.0 Å². The molecule has 0 radical (unpaired) electrons. The first-order chi connectivity index (χ1) is 14.5. The average molecular weight is 401 g/mol. The van der Waals surface area contributed by atoms with Crippen LogP contribution in [0.2, 0.25) is 0 Å². The molecule has 6 heteroatoms. The lowest BCUT2D eigenvalue weighted by molar-refractivity contribution is -0.136. The van der Waals surface area contributed by atoms with Crippen LogP contribution in [0, 0.1) is 0 Å². The molecule has 0 aliphatic rings. The first-order valence-corrected chi connectivity index (χ1v) is 9.71. The van der Waals surface area contributed by atoms with Gasteiger partial charge in [-0.2, -0.15) is 5.10 Å². The van der Waals surface area contributed by atoms with Gasteiger partial charge in [-0.25, -0.2) is 0 Å². The number of carboxylic acids is 1. The third-order valence-electron chi connectivity index (χ3n) is 5.11. The molecular weight excluding hydrogens is 378 g/mol. The minimum Gasteiger partial charge on any atom is -0.489 e. The Morgan fingerprint density at radius 2 is 1.93 bits per heavy atom. The van der Waals surface area contributed by atoms with E-state index in [4.69, 9.17) is 15.6 Å². The smallest absolute Gasteiger partial charge is 0.307 e. The van der Waals surface area contributed by atoms with Crippen molar-refractivity contribution in [1.29, 1.82) is 0 Å². The molecule has 0 bridgehead atoms. The average Bonchev–Trinajstić information content (AvgIpc) is 3.13. The molecule has 30 heavy (non-hydrogen) atoms. The molecule has 0 aliphatic heterocycles. The molecule has 1 aromatic heterocycles. The molecule has 0 atom stereocenters. The van der Waals surface area contributed by atoms with Gasteiger partial charge in [-0.1, -0.05) is 36.4 Å². The van der Waals surface area contributed by atoms with Crippen molar-refractivity contribution in [3.8, 4) is 16.9 Å². The molecule has 0 fully saturated rings. The van der Waals surface area contributed by atoms with Crippen LogP contribution in [-0.2, 0) is 31.4 Å². The highest BCUT2D eigenvalue weighted by atomic mass is 16.5. The molecule has 1 heterocycles. The molecule has 6 nitrogen and oxygen atoms in total. The number of aromatic nitrogens is 2. The number of nitrogens with zero attached hydrogens (tertiary/aromatic N) is 2. The zero-order chi connectivity index (χ0) is 21.1. The standard InChI is InChI=1S/C24H23N3O3/c1-27-22-11-17(15-30-23-8-3-2-6-19(23)12-24(28)29)10-20(21(22)14-26-27)18-7-4-5-16(9-18)13-25/h2-11,14H,12-13,15,25H2,1H3,(H,28,29). The van der Waals surface area contributed by atoms with Crippen LogP contribution in [0.5, 0.6) is 5.75 Å². The summed E-state index contributed by atoms with van der Waals surface area (Å²) in [5, 5.41) is 14.6. The first-order valence-electron chi connectivity index (χ1n) is 9.71. The number of rotatable bonds is 7. The molecule has 0 aliphatic carbocycles. The van der Waals surface area contributed by atoms with E-state index < -0.39 is 5.97 Å². The monoisotopic (exact) mass is 401 g/mol. The Balaban J connectivity index is 1.71. The van der Waals surface area contributed by atoms with E-state index in [0.717, 1.165) is 33.2 Å². The number of ether oxygens (including phenoxy) is 1. The van der Waals surface area contributed by atoms with E-state index in [-0.39, 0.29) is 6.42 Å². The van der Waals surface area contributed by atoms with Gasteiger partial charge in [0.25, 0.3) is 0 Å². The molecule has 0 amide bonds. The maximum absolute atomic E-state index is 11.1. The lowest BCUT2D eigenvalue weighted by Crippen LogP contribution is -2.04. The van der Waals surface area contributed by atoms with Crippen LogP contribution in [-0.4, -0.2) is 20.9 Å². The summed E-state index contributed by atoms with van der Waals surface area (Å²) in [6.07, 6.45) is 1.79. The van der Waals surface area contributed by atoms with Gasteiger partial charge in [-0.3, -0.25) is 9.48 Å². The summed E-state index contributed by atoms with van der Waals surface area (Å²) in [6, 6.07) is 19.6. The van der Waals surface area contributed by atoms with E-state index in [9.17, 15) is 4.79 Å². The van der Waals surface area contributed by atoms with Gasteiger partial charge in [0, 0.05) is 24.5 Å². The molecule has 152 valence electrons. The highest BCUT2D eigenvalue weighted by Crippen LogP contribution is 2.31. The molecule has 3 N–H and O–H groups in total. The number of para-hydroxylation sites is 1. The van der Waals surface area contributed by atoms with E-state index in [1.165, 1.54) is 0 Å². The maximum Gasteiger partial charge on any atom is 0.307 e. The predicted octanol–water partition coefficient (Wildman–Crippen LogP) is 3.91. The Bertz CT molecular complexity index is 1210. The van der Waals surface area contributed by atoms with Crippen molar-refractivity contribution in [2.24, 2.45) is 12.8 Å². The van der Waals surface area contributed by atoms with Gasteiger partial charge in [0.05, 0.1) is 18.1 Å². The predicted molar refractivity (Wildman–Crippen MR) is 116 cm³/mol. The van der Waals surface area contributed by atoms with E-state index in [1.807, 2.05) is 42.2 Å². The molecule has 0 saturated carbocycles. The summed E-state index contributed by atoms with van der Waals surface area (Å²) in [6.45, 7) is 0.800. The largest absolute Gasteiger partial charge is 0.489 e. The number of aryl methyl sites for hydroxylation is 1. The molecule has 0 unspecified atom stereocenters. The number of fused-ring (bicyclic) bond motifs is 1. The summed E-state index contributed by atoms with van der Waals surface area (Å²) >= 11 is 0. The van der Waals surface area contributed by atoms with Crippen LogP contribution >= 0.6 is 0 Å². The molecule has 4 rings (SSSR count). The SMILES string of the molecule is Cn1ncc2c(-c3cccc(CN)c3)cc(COc3ccccc3CC(=O)O)cc21. The fourth-order valence-electron chi connectivity index (χ4n) is 3.61. The summed E-state index contributed by atoms with van der Waals surface area (Å²) in [7, 11) is 1.91. The van der Waals surface area contributed by atoms with Crippen molar-refractivity contribution in [3.05, 3.63) is 83.6 Å². The lowest BCUT2D eigenvalue weighted by Gasteiger charge is -2.13. The Kier molecular flexibility index (Phi) is 5.50. The maximum atomic E-state index is 11.1. The molecule has 0 spiro atoms. The Labute approximate surface area is 174 Å². The number of benzene rings is 3. The summed E-state index contributed by atoms with van der Waals surface area (Å²) in [4.78, 5) is 11.1. The lowest BCUT2D eigenvalue weighted by atomic mass is 9.97. The fourth-order valence-corrected chi connectivity index (χ4v) is 3.61.